The Bertz CT molecular complexity index is 616. The Kier molecular flexibility index (Phi) is 7.78. The quantitative estimate of drug-likeness (QED) is 0.693. The first kappa shape index (κ1) is 21.2. The summed E-state index contributed by atoms with van der Waals surface area (Å²) in [7, 11) is 1.72. The van der Waals surface area contributed by atoms with E-state index in [-0.39, 0.29) is 17.2 Å². The van der Waals surface area contributed by atoms with Crippen LogP contribution in [0, 0.1) is 11.8 Å². The number of methoxy groups -OCH3 is 1. The summed E-state index contributed by atoms with van der Waals surface area (Å²) in [6, 6.07) is 8.24. The molecule has 0 atom stereocenters. The Balaban J connectivity index is 1.61. The second-order valence-electron chi connectivity index (χ2n) is 8.67. The van der Waals surface area contributed by atoms with Crippen molar-refractivity contribution in [2.45, 2.75) is 70.1 Å². The monoisotopic (exact) mass is 387 g/mol. The standard InChI is InChI=1S/C24H37NO3/c1-3-4-7-19-10-12-20(13-11-19)23(26)25-18-24(14-16-28-17-15-24)21-8-5-6-9-22(21)27-2/h5-6,8-9,19-20H,3-4,7,10-18H2,1-2H3,(H,25,26). The number of para-hydroxylation sites is 1. The van der Waals surface area contributed by atoms with Crippen molar-refractivity contribution in [2.24, 2.45) is 11.8 Å². The molecule has 2 fully saturated rings. The van der Waals surface area contributed by atoms with Crippen LogP contribution in [0.4, 0.5) is 0 Å². The zero-order chi connectivity index (χ0) is 19.8. The zero-order valence-electron chi connectivity index (χ0n) is 17.7. The molecule has 28 heavy (non-hydrogen) atoms. The number of amides is 1. The number of hydrogen-bond acceptors (Lipinski definition) is 3. The maximum atomic E-state index is 12.9. The van der Waals surface area contributed by atoms with E-state index in [2.05, 4.69) is 24.4 Å². The Labute approximate surface area is 170 Å². The lowest BCUT2D eigenvalue weighted by atomic mass is 9.73. The molecule has 1 saturated heterocycles. The van der Waals surface area contributed by atoms with Gasteiger partial charge in [-0.2, -0.15) is 0 Å². The van der Waals surface area contributed by atoms with Gasteiger partial charge in [-0.25, -0.2) is 0 Å². The van der Waals surface area contributed by atoms with Crippen LogP contribution in [0.25, 0.3) is 0 Å². The van der Waals surface area contributed by atoms with Gasteiger partial charge < -0.3 is 14.8 Å². The third-order valence-corrected chi connectivity index (χ3v) is 6.91. The number of carbonyl (C=O) groups excluding carboxylic acids is 1. The predicted octanol–water partition coefficient (Wildman–Crippen LogP) is 4.86. The minimum Gasteiger partial charge on any atom is -0.496 e. The van der Waals surface area contributed by atoms with Crippen LogP contribution in [0.3, 0.4) is 0 Å². The Morgan fingerprint density at radius 3 is 2.57 bits per heavy atom. The summed E-state index contributed by atoms with van der Waals surface area (Å²) < 4.78 is 11.3. The van der Waals surface area contributed by atoms with Gasteiger partial charge in [0.2, 0.25) is 5.91 Å². The second-order valence-corrected chi connectivity index (χ2v) is 8.67. The van der Waals surface area contributed by atoms with Gasteiger partial charge in [-0.1, -0.05) is 44.4 Å². The van der Waals surface area contributed by atoms with E-state index in [4.69, 9.17) is 9.47 Å². The number of carbonyl (C=O) groups is 1. The second kappa shape index (κ2) is 10.3. The molecule has 1 aromatic rings. The molecule has 1 aliphatic heterocycles. The largest absolute Gasteiger partial charge is 0.496 e. The Hall–Kier alpha value is -1.55. The summed E-state index contributed by atoms with van der Waals surface area (Å²) in [6.07, 6.45) is 10.3. The van der Waals surface area contributed by atoms with E-state index in [1.54, 1.807) is 7.11 Å². The number of benzene rings is 1. The van der Waals surface area contributed by atoms with Crippen LogP contribution in [-0.4, -0.2) is 32.8 Å². The number of nitrogens with one attached hydrogen (secondary N) is 1. The van der Waals surface area contributed by atoms with E-state index in [1.807, 2.05) is 12.1 Å². The van der Waals surface area contributed by atoms with Gasteiger partial charge in [-0.15, -0.1) is 0 Å². The molecule has 0 radical (unpaired) electrons. The first-order valence-electron chi connectivity index (χ1n) is 11.2. The molecular formula is C24H37NO3. The van der Waals surface area contributed by atoms with Gasteiger partial charge in [0, 0.05) is 36.7 Å². The summed E-state index contributed by atoms with van der Waals surface area (Å²) in [6.45, 7) is 4.39. The molecule has 156 valence electrons. The van der Waals surface area contributed by atoms with Gasteiger partial charge >= 0.3 is 0 Å². The third-order valence-electron chi connectivity index (χ3n) is 6.91. The van der Waals surface area contributed by atoms with E-state index < -0.39 is 0 Å². The van der Waals surface area contributed by atoms with Gasteiger partial charge in [-0.3, -0.25) is 4.79 Å². The van der Waals surface area contributed by atoms with Crippen molar-refractivity contribution < 1.29 is 14.3 Å². The van der Waals surface area contributed by atoms with Gasteiger partial charge in [-0.05, 0) is 50.5 Å². The van der Waals surface area contributed by atoms with Gasteiger partial charge in [0.05, 0.1) is 7.11 Å². The van der Waals surface area contributed by atoms with E-state index in [1.165, 1.54) is 37.7 Å². The molecule has 0 unspecified atom stereocenters. The van der Waals surface area contributed by atoms with Crippen molar-refractivity contribution in [3.05, 3.63) is 29.8 Å². The van der Waals surface area contributed by atoms with E-state index in [0.717, 1.165) is 50.6 Å². The molecule has 1 amide bonds. The van der Waals surface area contributed by atoms with Crippen LogP contribution in [0.2, 0.25) is 0 Å². The summed E-state index contributed by atoms with van der Waals surface area (Å²) in [5, 5.41) is 3.32. The fourth-order valence-corrected chi connectivity index (χ4v) is 4.99. The molecule has 1 saturated carbocycles. The lowest BCUT2D eigenvalue weighted by Crippen LogP contribution is -2.46. The normalized spacial score (nSPS) is 24.5. The van der Waals surface area contributed by atoms with Gasteiger partial charge in [0.1, 0.15) is 5.75 Å². The molecule has 1 N–H and O–H groups in total. The highest BCUT2D eigenvalue weighted by Crippen LogP contribution is 2.39. The van der Waals surface area contributed by atoms with Crippen LogP contribution in [0.5, 0.6) is 5.75 Å². The fourth-order valence-electron chi connectivity index (χ4n) is 4.99. The van der Waals surface area contributed by atoms with Crippen LogP contribution >= 0.6 is 0 Å². The number of rotatable bonds is 8. The van der Waals surface area contributed by atoms with E-state index in [9.17, 15) is 4.79 Å². The molecule has 0 bridgehead atoms. The zero-order valence-corrected chi connectivity index (χ0v) is 17.7. The van der Waals surface area contributed by atoms with Crippen LogP contribution in [0.15, 0.2) is 24.3 Å². The topological polar surface area (TPSA) is 47.6 Å². The molecule has 0 spiro atoms. The van der Waals surface area contributed by atoms with E-state index >= 15 is 0 Å². The van der Waals surface area contributed by atoms with Crippen molar-refractivity contribution >= 4 is 5.91 Å². The molecule has 2 aliphatic rings. The van der Waals surface area contributed by atoms with Gasteiger partial charge in [0.25, 0.3) is 0 Å². The maximum absolute atomic E-state index is 12.9. The van der Waals surface area contributed by atoms with Crippen molar-refractivity contribution in [2.75, 3.05) is 26.9 Å². The van der Waals surface area contributed by atoms with E-state index in [0.29, 0.717) is 6.54 Å². The molecule has 3 rings (SSSR count). The van der Waals surface area contributed by atoms with Crippen molar-refractivity contribution in [1.29, 1.82) is 0 Å². The molecule has 4 nitrogen and oxygen atoms in total. The lowest BCUT2D eigenvalue weighted by Gasteiger charge is -2.39. The molecule has 1 aliphatic carbocycles. The minimum absolute atomic E-state index is 0.0984. The predicted molar refractivity (Wildman–Crippen MR) is 113 cm³/mol. The van der Waals surface area contributed by atoms with Crippen molar-refractivity contribution in [3.63, 3.8) is 0 Å². The molecule has 0 aromatic heterocycles. The lowest BCUT2D eigenvalue weighted by molar-refractivity contribution is -0.126. The number of ether oxygens (including phenoxy) is 2. The Morgan fingerprint density at radius 1 is 1.18 bits per heavy atom. The SMILES string of the molecule is CCCCC1CCC(C(=O)NCC2(c3ccccc3OC)CCOCC2)CC1. The van der Waals surface area contributed by atoms with Crippen LogP contribution < -0.4 is 10.1 Å². The molecular weight excluding hydrogens is 350 g/mol. The molecule has 1 heterocycles. The van der Waals surface area contributed by atoms with Crippen LogP contribution in [-0.2, 0) is 14.9 Å². The first-order chi connectivity index (χ1) is 13.7. The summed E-state index contributed by atoms with van der Waals surface area (Å²) >= 11 is 0. The summed E-state index contributed by atoms with van der Waals surface area (Å²) in [5.74, 6) is 2.18. The highest BCUT2D eigenvalue weighted by Gasteiger charge is 2.37. The Morgan fingerprint density at radius 2 is 1.89 bits per heavy atom. The highest BCUT2D eigenvalue weighted by molar-refractivity contribution is 5.78. The molecule has 1 aromatic carbocycles. The maximum Gasteiger partial charge on any atom is 0.223 e. The highest BCUT2D eigenvalue weighted by atomic mass is 16.5. The first-order valence-corrected chi connectivity index (χ1v) is 11.2. The summed E-state index contributed by atoms with van der Waals surface area (Å²) in [5.41, 5.74) is 1.10. The average molecular weight is 388 g/mol. The third kappa shape index (κ3) is 5.08. The van der Waals surface area contributed by atoms with Gasteiger partial charge in [0.15, 0.2) is 0 Å². The minimum atomic E-state index is -0.0984. The molecule has 4 heteroatoms. The fraction of sp³-hybridized carbons (Fsp3) is 0.708. The smallest absolute Gasteiger partial charge is 0.223 e. The van der Waals surface area contributed by atoms with Crippen LogP contribution in [0.1, 0.15) is 70.3 Å². The summed E-state index contributed by atoms with van der Waals surface area (Å²) in [4.78, 5) is 12.9. The van der Waals surface area contributed by atoms with Crippen molar-refractivity contribution in [1.82, 2.24) is 5.32 Å². The average Bonchev–Trinajstić information content (AvgIpc) is 2.77. The number of hydrogen-bond donors (Lipinski definition) is 1. The van der Waals surface area contributed by atoms with Crippen molar-refractivity contribution in [3.8, 4) is 5.75 Å². The number of unbranched alkanes of at least 4 members (excludes halogenated alkanes) is 1.